The number of nitrogens with zero attached hydrogens (tertiary/aromatic N) is 1. The van der Waals surface area contributed by atoms with Gasteiger partial charge in [0.25, 0.3) is 0 Å². The van der Waals surface area contributed by atoms with Crippen molar-refractivity contribution in [1.29, 1.82) is 0 Å². The maximum absolute atomic E-state index is 13.3. The molecule has 1 aromatic heterocycles. The Morgan fingerprint density at radius 1 is 1.07 bits per heavy atom. The summed E-state index contributed by atoms with van der Waals surface area (Å²) in [6, 6.07) is 9.87. The Balaban J connectivity index is 1.66. The number of benzene rings is 2. The SMILES string of the molecule is O=C(CC(Cc1ccc(F)cc1)c1cc2[nH]c(=O)[nH]c2cc1Cl)N1CCCCC1. The quantitative estimate of drug-likeness (QED) is 0.649. The van der Waals surface area contributed by atoms with Crippen LogP contribution in [0.5, 0.6) is 0 Å². The van der Waals surface area contributed by atoms with E-state index in [0.717, 1.165) is 43.5 Å². The molecule has 2 heterocycles. The topological polar surface area (TPSA) is 69.0 Å². The number of rotatable bonds is 5. The molecule has 7 heteroatoms. The molecule has 1 unspecified atom stereocenters. The van der Waals surface area contributed by atoms with E-state index >= 15 is 0 Å². The molecule has 1 aliphatic heterocycles. The molecule has 0 saturated carbocycles. The van der Waals surface area contributed by atoms with Gasteiger partial charge >= 0.3 is 5.69 Å². The van der Waals surface area contributed by atoms with Crippen LogP contribution in [0.25, 0.3) is 11.0 Å². The molecule has 2 N–H and O–H groups in total. The van der Waals surface area contributed by atoms with Crippen LogP contribution in [0.2, 0.25) is 5.02 Å². The second-order valence-electron chi connectivity index (χ2n) is 7.67. The highest BCUT2D eigenvalue weighted by Crippen LogP contribution is 2.33. The van der Waals surface area contributed by atoms with Gasteiger partial charge in [0.2, 0.25) is 5.91 Å². The molecule has 1 fully saturated rings. The Kier molecular flexibility index (Phi) is 5.72. The van der Waals surface area contributed by atoms with Gasteiger partial charge in [-0.3, -0.25) is 4.79 Å². The predicted molar refractivity (Wildman–Crippen MR) is 112 cm³/mol. The molecule has 0 bridgehead atoms. The van der Waals surface area contributed by atoms with Crippen molar-refractivity contribution in [1.82, 2.24) is 14.9 Å². The number of carbonyl (C=O) groups is 1. The van der Waals surface area contributed by atoms with E-state index < -0.39 is 0 Å². The molecule has 1 saturated heterocycles. The lowest BCUT2D eigenvalue weighted by atomic mass is 9.88. The molecule has 4 rings (SSSR count). The summed E-state index contributed by atoms with van der Waals surface area (Å²) >= 11 is 6.55. The van der Waals surface area contributed by atoms with Crippen molar-refractivity contribution in [3.63, 3.8) is 0 Å². The summed E-state index contributed by atoms with van der Waals surface area (Å²) in [6.07, 6.45) is 4.10. The average Bonchev–Trinajstić information content (AvgIpc) is 3.08. The first-order valence-electron chi connectivity index (χ1n) is 9.93. The van der Waals surface area contributed by atoms with Crippen molar-refractivity contribution in [3.05, 3.63) is 68.8 Å². The number of hydrogen-bond donors (Lipinski definition) is 2. The Labute approximate surface area is 172 Å². The molecule has 0 spiro atoms. The fraction of sp³-hybridized carbons (Fsp3) is 0.364. The van der Waals surface area contributed by atoms with Crippen molar-refractivity contribution in [3.8, 4) is 0 Å². The smallest absolute Gasteiger partial charge is 0.323 e. The molecule has 0 radical (unpaired) electrons. The number of carbonyl (C=O) groups excluding carboxylic acids is 1. The lowest BCUT2D eigenvalue weighted by Crippen LogP contribution is -2.36. The van der Waals surface area contributed by atoms with Crippen LogP contribution in [-0.2, 0) is 11.2 Å². The van der Waals surface area contributed by atoms with Gasteiger partial charge in [-0.15, -0.1) is 0 Å². The number of fused-ring (bicyclic) bond motifs is 1. The maximum atomic E-state index is 13.3. The number of aromatic nitrogens is 2. The van der Waals surface area contributed by atoms with Crippen LogP contribution in [0.15, 0.2) is 41.2 Å². The molecule has 1 amide bonds. The number of likely N-dealkylation sites (tertiary alicyclic amines) is 1. The zero-order chi connectivity index (χ0) is 20.4. The lowest BCUT2D eigenvalue weighted by Gasteiger charge is -2.29. The van der Waals surface area contributed by atoms with Crippen LogP contribution >= 0.6 is 11.6 Å². The number of piperidine rings is 1. The second kappa shape index (κ2) is 8.41. The first-order valence-corrected chi connectivity index (χ1v) is 10.3. The van der Waals surface area contributed by atoms with Crippen molar-refractivity contribution >= 4 is 28.5 Å². The number of amides is 1. The number of hydrogen-bond acceptors (Lipinski definition) is 2. The van der Waals surface area contributed by atoms with Crippen LogP contribution in [0.3, 0.4) is 0 Å². The minimum Gasteiger partial charge on any atom is -0.343 e. The monoisotopic (exact) mass is 415 g/mol. The molecule has 1 aliphatic rings. The molecule has 29 heavy (non-hydrogen) atoms. The highest BCUT2D eigenvalue weighted by atomic mass is 35.5. The van der Waals surface area contributed by atoms with E-state index in [-0.39, 0.29) is 23.3 Å². The van der Waals surface area contributed by atoms with Gasteiger partial charge in [0.15, 0.2) is 0 Å². The van der Waals surface area contributed by atoms with Crippen LogP contribution in [0.4, 0.5) is 4.39 Å². The van der Waals surface area contributed by atoms with Crippen molar-refractivity contribution < 1.29 is 9.18 Å². The standard InChI is InChI=1S/C22H23ClFN3O2/c23-18-13-20-19(25-22(29)26-20)12-17(18)15(10-14-4-6-16(24)7-5-14)11-21(28)27-8-2-1-3-9-27/h4-7,12-13,15H,1-3,8-11H2,(H2,25,26,29). The number of halogens is 2. The van der Waals surface area contributed by atoms with Gasteiger partial charge in [-0.25, -0.2) is 9.18 Å². The Bertz CT molecular complexity index is 1070. The minimum absolute atomic E-state index is 0.107. The first-order chi connectivity index (χ1) is 14.0. The zero-order valence-electron chi connectivity index (χ0n) is 16.0. The summed E-state index contributed by atoms with van der Waals surface area (Å²) in [4.78, 5) is 32.0. The van der Waals surface area contributed by atoms with Gasteiger partial charge in [0.05, 0.1) is 11.0 Å². The van der Waals surface area contributed by atoms with E-state index in [1.54, 1.807) is 18.2 Å². The second-order valence-corrected chi connectivity index (χ2v) is 8.08. The fourth-order valence-electron chi connectivity index (χ4n) is 4.07. The largest absolute Gasteiger partial charge is 0.343 e. The number of aromatic amines is 2. The van der Waals surface area contributed by atoms with E-state index in [4.69, 9.17) is 11.6 Å². The minimum atomic E-state index is -0.298. The summed E-state index contributed by atoms with van der Waals surface area (Å²) in [5.74, 6) is -0.361. The molecule has 152 valence electrons. The van der Waals surface area contributed by atoms with Crippen molar-refractivity contribution in [2.45, 2.75) is 38.0 Å². The van der Waals surface area contributed by atoms with E-state index in [0.29, 0.717) is 28.9 Å². The molecule has 3 aromatic rings. The van der Waals surface area contributed by atoms with E-state index in [1.807, 2.05) is 11.0 Å². The summed E-state index contributed by atoms with van der Waals surface area (Å²) in [7, 11) is 0. The van der Waals surface area contributed by atoms with Gasteiger partial charge in [-0.2, -0.15) is 0 Å². The van der Waals surface area contributed by atoms with Gasteiger partial charge in [0.1, 0.15) is 5.82 Å². The van der Waals surface area contributed by atoms with E-state index in [2.05, 4.69) is 9.97 Å². The predicted octanol–water partition coefficient (Wildman–Crippen LogP) is 4.38. The van der Waals surface area contributed by atoms with Gasteiger partial charge in [-0.1, -0.05) is 23.7 Å². The van der Waals surface area contributed by atoms with E-state index in [9.17, 15) is 14.0 Å². The van der Waals surface area contributed by atoms with E-state index in [1.165, 1.54) is 12.1 Å². The third-order valence-corrected chi connectivity index (χ3v) is 5.93. The Hall–Kier alpha value is -2.60. The molecule has 2 aromatic carbocycles. The maximum Gasteiger partial charge on any atom is 0.323 e. The Morgan fingerprint density at radius 3 is 2.41 bits per heavy atom. The van der Waals surface area contributed by atoms with Gasteiger partial charge < -0.3 is 14.9 Å². The number of H-pyrrole nitrogens is 2. The van der Waals surface area contributed by atoms with Crippen LogP contribution in [-0.4, -0.2) is 33.9 Å². The van der Waals surface area contributed by atoms with Gasteiger partial charge in [0, 0.05) is 24.5 Å². The van der Waals surface area contributed by atoms with Crippen LogP contribution in [0.1, 0.15) is 42.7 Å². The average molecular weight is 416 g/mol. The summed E-state index contributed by atoms with van der Waals surface area (Å²) < 4.78 is 13.3. The summed E-state index contributed by atoms with van der Waals surface area (Å²) in [6.45, 7) is 1.58. The Morgan fingerprint density at radius 2 is 1.72 bits per heavy atom. The number of nitrogens with one attached hydrogen (secondary N) is 2. The zero-order valence-corrected chi connectivity index (χ0v) is 16.8. The molecule has 0 aliphatic carbocycles. The lowest BCUT2D eigenvalue weighted by molar-refractivity contribution is -0.132. The molecule has 1 atom stereocenters. The third-order valence-electron chi connectivity index (χ3n) is 5.60. The summed E-state index contributed by atoms with van der Waals surface area (Å²) in [5, 5.41) is 0.506. The molecular weight excluding hydrogens is 393 g/mol. The molecular formula is C22H23ClFN3O2. The van der Waals surface area contributed by atoms with Crippen LogP contribution in [0, 0.1) is 5.82 Å². The summed E-state index contributed by atoms with van der Waals surface area (Å²) in [5.41, 5.74) is 2.73. The van der Waals surface area contributed by atoms with Crippen molar-refractivity contribution in [2.75, 3.05) is 13.1 Å². The number of imidazole rings is 1. The van der Waals surface area contributed by atoms with Gasteiger partial charge in [-0.05, 0) is 67.0 Å². The highest BCUT2D eigenvalue weighted by Gasteiger charge is 2.24. The fourth-order valence-corrected chi connectivity index (χ4v) is 4.38. The third kappa shape index (κ3) is 4.53. The first kappa shape index (κ1) is 19.7. The normalized spacial score (nSPS) is 15.6. The van der Waals surface area contributed by atoms with Crippen molar-refractivity contribution in [2.24, 2.45) is 0 Å². The van der Waals surface area contributed by atoms with Crippen LogP contribution < -0.4 is 5.69 Å². The highest BCUT2D eigenvalue weighted by molar-refractivity contribution is 6.32. The molecule has 5 nitrogen and oxygen atoms in total.